The molecule has 0 bridgehead atoms. The molecule has 0 aliphatic carbocycles. The number of rotatable bonds is 3. The highest BCUT2D eigenvalue weighted by atomic mass is 16.3. The molecular formula is C15H13N3O. The van der Waals surface area contributed by atoms with Gasteiger partial charge in [0.25, 0.3) is 0 Å². The van der Waals surface area contributed by atoms with Crippen molar-refractivity contribution in [3.05, 3.63) is 72.3 Å². The van der Waals surface area contributed by atoms with Gasteiger partial charge in [-0.15, -0.1) is 0 Å². The van der Waals surface area contributed by atoms with Gasteiger partial charge < -0.3 is 10.1 Å². The molecule has 3 rings (SSSR count). The van der Waals surface area contributed by atoms with Gasteiger partial charge >= 0.3 is 0 Å². The maximum atomic E-state index is 10.2. The molecule has 19 heavy (non-hydrogen) atoms. The van der Waals surface area contributed by atoms with Crippen LogP contribution in [0.3, 0.4) is 0 Å². The van der Waals surface area contributed by atoms with Gasteiger partial charge in [-0.25, -0.2) is 4.98 Å². The Morgan fingerprint density at radius 1 is 0.947 bits per heavy atom. The quantitative estimate of drug-likeness (QED) is 0.752. The minimum atomic E-state index is -0.786. The number of imidazole rings is 1. The van der Waals surface area contributed by atoms with E-state index in [0.29, 0.717) is 11.4 Å². The van der Waals surface area contributed by atoms with E-state index in [1.165, 1.54) is 0 Å². The van der Waals surface area contributed by atoms with Gasteiger partial charge in [0.15, 0.2) is 0 Å². The van der Waals surface area contributed by atoms with Crippen LogP contribution in [0.25, 0.3) is 11.4 Å². The van der Waals surface area contributed by atoms with E-state index in [9.17, 15) is 5.11 Å². The minimum absolute atomic E-state index is 0.603. The lowest BCUT2D eigenvalue weighted by molar-refractivity contribution is 0.211. The van der Waals surface area contributed by atoms with Crippen molar-refractivity contribution in [3.63, 3.8) is 0 Å². The number of benzene rings is 1. The highest BCUT2D eigenvalue weighted by molar-refractivity contribution is 5.54. The third-order valence-electron chi connectivity index (χ3n) is 2.91. The van der Waals surface area contributed by atoms with E-state index in [-0.39, 0.29) is 0 Å². The summed E-state index contributed by atoms with van der Waals surface area (Å²) in [5.41, 5.74) is 2.23. The molecule has 1 aromatic carbocycles. The van der Waals surface area contributed by atoms with Crippen molar-refractivity contribution < 1.29 is 5.11 Å². The van der Waals surface area contributed by atoms with Crippen molar-refractivity contribution in [2.75, 3.05) is 0 Å². The van der Waals surface area contributed by atoms with Gasteiger partial charge in [0.05, 0.1) is 17.6 Å². The number of pyridine rings is 1. The molecule has 0 spiro atoms. The Labute approximate surface area is 110 Å². The summed E-state index contributed by atoms with van der Waals surface area (Å²) in [6.45, 7) is 0. The van der Waals surface area contributed by atoms with E-state index in [1.54, 1.807) is 18.5 Å². The fourth-order valence-corrected chi connectivity index (χ4v) is 1.91. The van der Waals surface area contributed by atoms with Crippen LogP contribution < -0.4 is 0 Å². The molecule has 2 heterocycles. The summed E-state index contributed by atoms with van der Waals surface area (Å²) in [5.74, 6) is 0.741. The van der Waals surface area contributed by atoms with E-state index >= 15 is 0 Å². The van der Waals surface area contributed by atoms with Gasteiger partial charge in [-0.3, -0.25) is 4.98 Å². The molecule has 2 aromatic heterocycles. The Bertz CT molecular complexity index is 649. The molecule has 0 amide bonds. The molecular weight excluding hydrogens is 238 g/mol. The van der Waals surface area contributed by atoms with Crippen LogP contribution in [0.1, 0.15) is 17.5 Å². The number of aliphatic hydroxyl groups is 1. The summed E-state index contributed by atoms with van der Waals surface area (Å²) in [7, 11) is 0. The van der Waals surface area contributed by atoms with Crippen molar-refractivity contribution >= 4 is 0 Å². The molecule has 1 atom stereocenters. The topological polar surface area (TPSA) is 61.8 Å². The lowest BCUT2D eigenvalue weighted by atomic mass is 10.2. The molecule has 0 fully saturated rings. The lowest BCUT2D eigenvalue weighted by Crippen LogP contribution is -2.02. The van der Waals surface area contributed by atoms with Crippen LogP contribution in [-0.4, -0.2) is 20.1 Å². The second-order valence-electron chi connectivity index (χ2n) is 4.21. The first kappa shape index (κ1) is 11.6. The molecule has 4 nitrogen and oxygen atoms in total. The number of nitrogens with one attached hydrogen (secondary N) is 1. The average molecular weight is 251 g/mol. The van der Waals surface area contributed by atoms with Gasteiger partial charge in [0.2, 0.25) is 0 Å². The molecule has 3 aromatic rings. The van der Waals surface area contributed by atoms with Crippen LogP contribution in [0.4, 0.5) is 0 Å². The monoisotopic (exact) mass is 251 g/mol. The number of aliphatic hydroxyl groups excluding tert-OH is 1. The Morgan fingerprint density at radius 2 is 1.74 bits per heavy atom. The molecule has 1 unspecified atom stereocenters. The van der Waals surface area contributed by atoms with Gasteiger partial charge in [-0.2, -0.15) is 0 Å². The second kappa shape index (κ2) is 5.04. The third-order valence-corrected chi connectivity index (χ3v) is 2.91. The van der Waals surface area contributed by atoms with Crippen molar-refractivity contribution in [2.24, 2.45) is 0 Å². The smallest absolute Gasteiger partial charge is 0.137 e. The van der Waals surface area contributed by atoms with Gasteiger partial charge in [-0.1, -0.05) is 36.4 Å². The zero-order valence-corrected chi connectivity index (χ0v) is 10.2. The zero-order valence-electron chi connectivity index (χ0n) is 10.2. The Balaban J connectivity index is 1.90. The Hall–Kier alpha value is -2.46. The largest absolute Gasteiger partial charge is 0.380 e. The fraction of sp³-hybridized carbons (Fsp3) is 0.0667. The van der Waals surface area contributed by atoms with Crippen molar-refractivity contribution in [1.82, 2.24) is 15.0 Å². The molecule has 0 aliphatic rings. The number of hydrogen-bond donors (Lipinski definition) is 2. The van der Waals surface area contributed by atoms with Crippen LogP contribution in [-0.2, 0) is 0 Å². The van der Waals surface area contributed by atoms with Crippen LogP contribution in [0.2, 0.25) is 0 Å². The van der Waals surface area contributed by atoms with E-state index in [1.807, 2.05) is 42.5 Å². The predicted molar refractivity (Wildman–Crippen MR) is 72.3 cm³/mol. The SMILES string of the molecule is OC(c1ccccn1)c1cnc(-c2ccccc2)[nH]1. The average Bonchev–Trinajstić information content (AvgIpc) is 2.98. The summed E-state index contributed by atoms with van der Waals surface area (Å²) in [6, 6.07) is 15.2. The van der Waals surface area contributed by atoms with E-state index in [2.05, 4.69) is 15.0 Å². The van der Waals surface area contributed by atoms with Crippen LogP contribution in [0, 0.1) is 0 Å². The Kier molecular flexibility index (Phi) is 3.08. The molecule has 0 aliphatic heterocycles. The molecule has 0 saturated heterocycles. The maximum absolute atomic E-state index is 10.2. The van der Waals surface area contributed by atoms with Crippen molar-refractivity contribution in [3.8, 4) is 11.4 Å². The molecule has 0 saturated carbocycles. The highest BCUT2D eigenvalue weighted by Gasteiger charge is 2.14. The predicted octanol–water partition coefficient (Wildman–Crippen LogP) is 2.55. The molecule has 0 radical (unpaired) electrons. The van der Waals surface area contributed by atoms with Gasteiger partial charge in [0, 0.05) is 11.8 Å². The first-order valence-electron chi connectivity index (χ1n) is 6.04. The van der Waals surface area contributed by atoms with E-state index in [0.717, 1.165) is 11.4 Å². The first-order chi connectivity index (χ1) is 9.34. The fourth-order valence-electron chi connectivity index (χ4n) is 1.91. The second-order valence-corrected chi connectivity index (χ2v) is 4.21. The standard InChI is InChI=1S/C15H13N3O/c19-14(12-8-4-5-9-16-12)13-10-17-15(18-13)11-6-2-1-3-7-11/h1-10,14,19H,(H,17,18). The zero-order chi connectivity index (χ0) is 13.1. The highest BCUT2D eigenvalue weighted by Crippen LogP contribution is 2.21. The Morgan fingerprint density at radius 3 is 2.47 bits per heavy atom. The van der Waals surface area contributed by atoms with Crippen molar-refractivity contribution in [1.29, 1.82) is 0 Å². The van der Waals surface area contributed by atoms with Crippen LogP contribution >= 0.6 is 0 Å². The molecule has 2 N–H and O–H groups in total. The number of aromatic nitrogens is 3. The lowest BCUT2D eigenvalue weighted by Gasteiger charge is -2.06. The maximum Gasteiger partial charge on any atom is 0.137 e. The first-order valence-corrected chi connectivity index (χ1v) is 6.04. The summed E-state index contributed by atoms with van der Waals surface area (Å²) < 4.78 is 0. The van der Waals surface area contributed by atoms with Crippen LogP contribution in [0.15, 0.2) is 60.9 Å². The molecule has 94 valence electrons. The van der Waals surface area contributed by atoms with Crippen LogP contribution in [0.5, 0.6) is 0 Å². The molecule has 4 heteroatoms. The number of aromatic amines is 1. The normalized spacial score (nSPS) is 12.3. The summed E-state index contributed by atoms with van der Waals surface area (Å²) >= 11 is 0. The third kappa shape index (κ3) is 2.39. The number of hydrogen-bond acceptors (Lipinski definition) is 3. The summed E-state index contributed by atoms with van der Waals surface area (Å²) in [4.78, 5) is 11.6. The number of nitrogens with zero attached hydrogens (tertiary/aromatic N) is 2. The minimum Gasteiger partial charge on any atom is -0.380 e. The summed E-state index contributed by atoms with van der Waals surface area (Å²) in [6.07, 6.45) is 2.51. The summed E-state index contributed by atoms with van der Waals surface area (Å²) in [5, 5.41) is 10.2. The van der Waals surface area contributed by atoms with E-state index in [4.69, 9.17) is 0 Å². The van der Waals surface area contributed by atoms with Gasteiger partial charge in [-0.05, 0) is 12.1 Å². The van der Waals surface area contributed by atoms with Gasteiger partial charge in [0.1, 0.15) is 11.9 Å². The van der Waals surface area contributed by atoms with E-state index < -0.39 is 6.10 Å². The number of H-pyrrole nitrogens is 1. The van der Waals surface area contributed by atoms with Crippen molar-refractivity contribution in [2.45, 2.75) is 6.10 Å².